The quantitative estimate of drug-likeness (QED) is 0.879. The minimum absolute atomic E-state index is 0.192. The van der Waals surface area contributed by atoms with Crippen LogP contribution in [0.1, 0.15) is 31.4 Å². The van der Waals surface area contributed by atoms with Gasteiger partial charge >= 0.3 is 5.97 Å². The number of aryl methyl sites for hydroxylation is 2. The lowest BCUT2D eigenvalue weighted by atomic mass is 10.0. The normalized spacial score (nSPS) is 9.72. The molecule has 2 aromatic rings. The molecule has 0 unspecified atom stereocenters. The van der Waals surface area contributed by atoms with E-state index in [1.165, 1.54) is 16.3 Å². The zero-order chi connectivity index (χ0) is 13.5. The van der Waals surface area contributed by atoms with Gasteiger partial charge in [-0.25, -0.2) is 0 Å². The molecule has 0 radical (unpaired) electrons. The molecule has 0 spiro atoms. The Labute approximate surface area is 108 Å². The van der Waals surface area contributed by atoms with Crippen molar-refractivity contribution in [2.24, 2.45) is 0 Å². The molecule has 2 rings (SSSR count). The molecular formula is C16H20O2. The van der Waals surface area contributed by atoms with Gasteiger partial charge in [0.25, 0.3) is 0 Å². The lowest BCUT2D eigenvalue weighted by molar-refractivity contribution is -0.136. The molecule has 2 aromatic carbocycles. The standard InChI is InChI=1S/C14H14O2.C2H6/c1-10-2-5-13-9-11(4-7-14(15)16)3-6-12(13)8-10;1-2/h2-3,5-6,8-9H,4,7H2,1H3,(H,15,16);1-2H3. The van der Waals surface area contributed by atoms with Crippen LogP contribution >= 0.6 is 0 Å². The molecule has 1 N–H and O–H groups in total. The first kappa shape index (κ1) is 14.2. The molecule has 18 heavy (non-hydrogen) atoms. The Kier molecular flexibility index (Phi) is 5.37. The van der Waals surface area contributed by atoms with Gasteiger partial charge in [0.15, 0.2) is 0 Å². The summed E-state index contributed by atoms with van der Waals surface area (Å²) in [5, 5.41) is 11.0. The maximum absolute atomic E-state index is 10.5. The first-order chi connectivity index (χ1) is 8.65. The van der Waals surface area contributed by atoms with Crippen molar-refractivity contribution in [2.75, 3.05) is 0 Å². The number of aliphatic carboxylic acids is 1. The number of rotatable bonds is 3. The van der Waals surface area contributed by atoms with E-state index < -0.39 is 5.97 Å². The van der Waals surface area contributed by atoms with Gasteiger partial charge in [0, 0.05) is 6.42 Å². The van der Waals surface area contributed by atoms with Gasteiger partial charge in [0.05, 0.1) is 0 Å². The van der Waals surface area contributed by atoms with Gasteiger partial charge in [-0.05, 0) is 29.7 Å². The number of carboxylic acid groups (broad SMARTS) is 1. The van der Waals surface area contributed by atoms with E-state index in [9.17, 15) is 4.79 Å². The molecule has 96 valence electrons. The summed E-state index contributed by atoms with van der Waals surface area (Å²) < 4.78 is 0. The van der Waals surface area contributed by atoms with Crippen molar-refractivity contribution in [3.8, 4) is 0 Å². The van der Waals surface area contributed by atoms with E-state index in [4.69, 9.17) is 5.11 Å². The Morgan fingerprint density at radius 2 is 1.67 bits per heavy atom. The molecule has 0 saturated carbocycles. The summed E-state index contributed by atoms with van der Waals surface area (Å²) in [6.45, 7) is 6.07. The van der Waals surface area contributed by atoms with Crippen LogP contribution in [0.4, 0.5) is 0 Å². The van der Waals surface area contributed by atoms with Crippen LogP contribution in [0.3, 0.4) is 0 Å². The molecule has 0 atom stereocenters. The third kappa shape index (κ3) is 3.88. The highest BCUT2D eigenvalue weighted by molar-refractivity contribution is 5.83. The minimum Gasteiger partial charge on any atom is -0.481 e. The van der Waals surface area contributed by atoms with Crippen LogP contribution < -0.4 is 0 Å². The second kappa shape index (κ2) is 6.80. The topological polar surface area (TPSA) is 37.3 Å². The number of hydrogen-bond acceptors (Lipinski definition) is 1. The molecule has 0 aliphatic rings. The highest BCUT2D eigenvalue weighted by Crippen LogP contribution is 2.18. The Morgan fingerprint density at radius 1 is 1.06 bits per heavy atom. The largest absolute Gasteiger partial charge is 0.481 e. The average molecular weight is 244 g/mol. The zero-order valence-corrected chi connectivity index (χ0v) is 11.2. The second-order valence-corrected chi connectivity index (χ2v) is 4.08. The molecule has 0 aromatic heterocycles. The van der Waals surface area contributed by atoms with E-state index in [1.54, 1.807) is 0 Å². The third-order valence-electron chi connectivity index (χ3n) is 2.69. The van der Waals surface area contributed by atoms with Crippen molar-refractivity contribution in [2.45, 2.75) is 33.6 Å². The molecule has 0 heterocycles. The van der Waals surface area contributed by atoms with Crippen LogP contribution in [-0.2, 0) is 11.2 Å². The minimum atomic E-state index is -0.746. The number of hydrogen-bond donors (Lipinski definition) is 1. The van der Waals surface area contributed by atoms with Gasteiger partial charge in [-0.2, -0.15) is 0 Å². The number of benzene rings is 2. The molecular weight excluding hydrogens is 224 g/mol. The zero-order valence-electron chi connectivity index (χ0n) is 11.2. The number of carbonyl (C=O) groups is 1. The molecule has 0 aliphatic carbocycles. The van der Waals surface area contributed by atoms with Crippen molar-refractivity contribution in [1.29, 1.82) is 0 Å². The fourth-order valence-electron chi connectivity index (χ4n) is 1.82. The predicted molar refractivity (Wildman–Crippen MR) is 76.0 cm³/mol. The van der Waals surface area contributed by atoms with Crippen LogP contribution in [0.2, 0.25) is 0 Å². The maximum atomic E-state index is 10.5. The fraction of sp³-hybridized carbons (Fsp3) is 0.312. The van der Waals surface area contributed by atoms with Crippen molar-refractivity contribution in [3.05, 3.63) is 47.5 Å². The molecule has 0 fully saturated rings. The molecule has 0 aliphatic heterocycles. The molecule has 0 saturated heterocycles. The highest BCUT2D eigenvalue weighted by Gasteiger charge is 2.00. The Bertz CT molecular complexity index is 530. The summed E-state index contributed by atoms with van der Waals surface area (Å²) >= 11 is 0. The van der Waals surface area contributed by atoms with Gasteiger partial charge in [-0.3, -0.25) is 4.79 Å². The molecule has 2 heteroatoms. The van der Waals surface area contributed by atoms with Crippen molar-refractivity contribution < 1.29 is 9.90 Å². The van der Waals surface area contributed by atoms with Gasteiger partial charge in [-0.1, -0.05) is 55.8 Å². The molecule has 0 bridgehead atoms. The smallest absolute Gasteiger partial charge is 0.303 e. The van der Waals surface area contributed by atoms with E-state index in [1.807, 2.05) is 19.9 Å². The summed E-state index contributed by atoms with van der Waals surface area (Å²) in [7, 11) is 0. The van der Waals surface area contributed by atoms with Crippen LogP contribution in [-0.4, -0.2) is 11.1 Å². The highest BCUT2D eigenvalue weighted by atomic mass is 16.4. The second-order valence-electron chi connectivity index (χ2n) is 4.08. The van der Waals surface area contributed by atoms with Gasteiger partial charge in [0.2, 0.25) is 0 Å². The number of carboxylic acids is 1. The van der Waals surface area contributed by atoms with Gasteiger partial charge < -0.3 is 5.11 Å². The van der Waals surface area contributed by atoms with E-state index in [0.717, 1.165) is 5.56 Å². The van der Waals surface area contributed by atoms with Crippen molar-refractivity contribution >= 4 is 16.7 Å². The summed E-state index contributed by atoms with van der Waals surface area (Å²) in [6.07, 6.45) is 0.788. The average Bonchev–Trinajstić information content (AvgIpc) is 2.38. The van der Waals surface area contributed by atoms with Gasteiger partial charge in [0.1, 0.15) is 0 Å². The van der Waals surface area contributed by atoms with E-state index in [-0.39, 0.29) is 6.42 Å². The lowest BCUT2D eigenvalue weighted by Crippen LogP contribution is -1.97. The van der Waals surface area contributed by atoms with E-state index >= 15 is 0 Å². The fourth-order valence-corrected chi connectivity index (χ4v) is 1.82. The SMILES string of the molecule is CC.Cc1ccc2cc(CCC(=O)O)ccc2c1. The summed E-state index contributed by atoms with van der Waals surface area (Å²) in [5.74, 6) is -0.746. The van der Waals surface area contributed by atoms with Crippen molar-refractivity contribution in [1.82, 2.24) is 0 Å². The van der Waals surface area contributed by atoms with Crippen LogP contribution in [0.5, 0.6) is 0 Å². The maximum Gasteiger partial charge on any atom is 0.303 e. The van der Waals surface area contributed by atoms with E-state index in [2.05, 4.69) is 37.3 Å². The number of fused-ring (bicyclic) bond motifs is 1. The van der Waals surface area contributed by atoms with Crippen LogP contribution in [0.25, 0.3) is 10.8 Å². The lowest BCUT2D eigenvalue weighted by Gasteiger charge is -2.03. The third-order valence-corrected chi connectivity index (χ3v) is 2.69. The summed E-state index contributed by atoms with van der Waals surface area (Å²) in [6, 6.07) is 12.4. The van der Waals surface area contributed by atoms with Crippen LogP contribution in [0, 0.1) is 6.92 Å². The monoisotopic (exact) mass is 244 g/mol. The predicted octanol–water partition coefficient (Wildman–Crippen LogP) is 4.19. The first-order valence-corrected chi connectivity index (χ1v) is 6.36. The van der Waals surface area contributed by atoms with Gasteiger partial charge in [-0.15, -0.1) is 0 Å². The summed E-state index contributed by atoms with van der Waals surface area (Å²) in [4.78, 5) is 10.5. The summed E-state index contributed by atoms with van der Waals surface area (Å²) in [5.41, 5.74) is 2.32. The first-order valence-electron chi connectivity index (χ1n) is 6.36. The Balaban J connectivity index is 0.000000771. The Hall–Kier alpha value is -1.83. The Morgan fingerprint density at radius 3 is 2.33 bits per heavy atom. The van der Waals surface area contributed by atoms with Crippen molar-refractivity contribution in [3.63, 3.8) is 0 Å². The van der Waals surface area contributed by atoms with Crippen LogP contribution in [0.15, 0.2) is 36.4 Å². The molecule has 2 nitrogen and oxygen atoms in total. The van der Waals surface area contributed by atoms with E-state index in [0.29, 0.717) is 6.42 Å². The molecule has 0 amide bonds.